The highest BCUT2D eigenvalue weighted by atomic mass is 35.5. The van der Waals surface area contributed by atoms with Crippen molar-refractivity contribution >= 4 is 17.5 Å². The van der Waals surface area contributed by atoms with E-state index >= 15 is 0 Å². The molecule has 0 saturated heterocycles. The van der Waals surface area contributed by atoms with Crippen LogP contribution in [0.4, 0.5) is 0 Å². The second kappa shape index (κ2) is 9.99. The summed E-state index contributed by atoms with van der Waals surface area (Å²) in [6.45, 7) is 2.40. The molecule has 0 aliphatic carbocycles. The molecule has 0 aromatic heterocycles. The molecule has 29 heavy (non-hydrogen) atoms. The number of hydrogen-bond donors (Lipinski definition) is 1. The summed E-state index contributed by atoms with van der Waals surface area (Å²) in [4.78, 5) is 13.0. The average Bonchev–Trinajstić information content (AvgIpc) is 2.77. The van der Waals surface area contributed by atoms with E-state index < -0.39 is 0 Å². The first kappa shape index (κ1) is 20.7. The Kier molecular flexibility index (Phi) is 7.14. The molecule has 3 aromatic carbocycles. The Morgan fingerprint density at radius 1 is 1.03 bits per heavy atom. The van der Waals surface area contributed by atoms with Crippen LogP contribution in [0.5, 0.6) is 11.5 Å². The first-order valence-corrected chi connectivity index (χ1v) is 9.89. The van der Waals surface area contributed by atoms with Crippen LogP contribution in [0.3, 0.4) is 0 Å². The molecule has 0 fully saturated rings. The average molecular weight is 410 g/mol. The summed E-state index contributed by atoms with van der Waals surface area (Å²) >= 11 is 6.15. The molecule has 3 aromatic rings. The first-order valence-electron chi connectivity index (χ1n) is 9.51. The van der Waals surface area contributed by atoms with Gasteiger partial charge in [-0.15, -0.1) is 0 Å². The van der Waals surface area contributed by atoms with Crippen molar-refractivity contribution in [2.45, 2.75) is 26.0 Å². The number of methoxy groups -OCH3 is 1. The molecule has 0 unspecified atom stereocenters. The molecule has 1 N–H and O–H groups in total. The second-order valence-corrected chi connectivity index (χ2v) is 7.06. The molecule has 3 rings (SSSR count). The molecule has 0 bridgehead atoms. The van der Waals surface area contributed by atoms with E-state index in [0.29, 0.717) is 22.9 Å². The molecular weight excluding hydrogens is 386 g/mol. The summed E-state index contributed by atoms with van der Waals surface area (Å²) in [5.74, 6) is 1.06. The van der Waals surface area contributed by atoms with Crippen molar-refractivity contribution in [2.24, 2.45) is 0 Å². The number of amides is 1. The minimum atomic E-state index is -0.224. The van der Waals surface area contributed by atoms with E-state index in [1.807, 2.05) is 61.5 Å². The monoisotopic (exact) mass is 409 g/mol. The molecule has 0 aliphatic rings. The molecule has 0 radical (unpaired) electrons. The third-order valence-corrected chi connectivity index (χ3v) is 4.89. The third kappa shape index (κ3) is 5.52. The number of halogens is 1. The van der Waals surface area contributed by atoms with Crippen molar-refractivity contribution in [2.75, 3.05) is 7.11 Å². The summed E-state index contributed by atoms with van der Waals surface area (Å²) in [6.07, 6.45) is 0.749. The molecule has 0 aliphatic heterocycles. The van der Waals surface area contributed by atoms with Crippen molar-refractivity contribution < 1.29 is 14.3 Å². The van der Waals surface area contributed by atoms with Crippen LogP contribution in [-0.4, -0.2) is 13.0 Å². The molecule has 1 amide bonds. The molecule has 5 heteroatoms. The van der Waals surface area contributed by atoms with Crippen molar-refractivity contribution in [3.63, 3.8) is 0 Å². The standard InChI is InChI=1S/C24H24ClNO3/c1-3-22(18-9-12-20(28-2)13-10-18)26-24(27)21-15-19(25)11-14-23(21)29-16-17-7-5-4-6-8-17/h4-15,22H,3,16H2,1-2H3,(H,26,27)/t22-/m1/s1. The zero-order valence-electron chi connectivity index (χ0n) is 16.5. The molecule has 0 saturated carbocycles. The van der Waals surface area contributed by atoms with Gasteiger partial charge < -0.3 is 14.8 Å². The highest BCUT2D eigenvalue weighted by Crippen LogP contribution is 2.26. The lowest BCUT2D eigenvalue weighted by atomic mass is 10.0. The van der Waals surface area contributed by atoms with E-state index in [0.717, 1.165) is 23.3 Å². The molecule has 0 heterocycles. The lowest BCUT2D eigenvalue weighted by molar-refractivity contribution is 0.0931. The Labute approximate surface area is 176 Å². The summed E-state index contributed by atoms with van der Waals surface area (Å²) < 4.78 is 11.1. The van der Waals surface area contributed by atoms with Gasteiger partial charge in [-0.2, -0.15) is 0 Å². The third-order valence-electron chi connectivity index (χ3n) is 4.66. The maximum absolute atomic E-state index is 13.0. The van der Waals surface area contributed by atoms with Gasteiger partial charge in [-0.3, -0.25) is 4.79 Å². The number of benzene rings is 3. The van der Waals surface area contributed by atoms with E-state index in [2.05, 4.69) is 5.32 Å². The smallest absolute Gasteiger partial charge is 0.255 e. The quantitative estimate of drug-likeness (QED) is 0.510. The minimum absolute atomic E-state index is 0.130. The van der Waals surface area contributed by atoms with Gasteiger partial charge in [-0.1, -0.05) is 61.0 Å². The van der Waals surface area contributed by atoms with Crippen LogP contribution in [0.1, 0.15) is 40.9 Å². The number of carbonyl (C=O) groups is 1. The Morgan fingerprint density at radius 2 is 1.76 bits per heavy atom. The van der Waals surface area contributed by atoms with Gasteiger partial charge in [0.1, 0.15) is 18.1 Å². The van der Waals surface area contributed by atoms with Gasteiger partial charge in [0.05, 0.1) is 18.7 Å². The normalized spacial score (nSPS) is 11.6. The second-order valence-electron chi connectivity index (χ2n) is 6.62. The van der Waals surface area contributed by atoms with E-state index in [4.69, 9.17) is 21.1 Å². The van der Waals surface area contributed by atoms with Gasteiger partial charge in [-0.25, -0.2) is 0 Å². The van der Waals surface area contributed by atoms with Crippen LogP contribution in [0.15, 0.2) is 72.8 Å². The van der Waals surface area contributed by atoms with Crippen molar-refractivity contribution in [3.8, 4) is 11.5 Å². The first-order chi connectivity index (χ1) is 14.1. The maximum Gasteiger partial charge on any atom is 0.255 e. The van der Waals surface area contributed by atoms with E-state index in [-0.39, 0.29) is 11.9 Å². The van der Waals surface area contributed by atoms with Crippen LogP contribution >= 0.6 is 11.6 Å². The predicted molar refractivity (Wildman–Crippen MR) is 116 cm³/mol. The van der Waals surface area contributed by atoms with Crippen LogP contribution in [0.2, 0.25) is 5.02 Å². The predicted octanol–water partition coefficient (Wildman–Crippen LogP) is 5.81. The summed E-state index contributed by atoms with van der Waals surface area (Å²) in [5, 5.41) is 3.57. The Bertz CT molecular complexity index is 942. The summed E-state index contributed by atoms with van der Waals surface area (Å²) in [5.41, 5.74) is 2.45. The number of hydrogen-bond acceptors (Lipinski definition) is 3. The Hall–Kier alpha value is -2.98. The van der Waals surface area contributed by atoms with Crippen molar-refractivity contribution in [1.82, 2.24) is 5.32 Å². The fraction of sp³-hybridized carbons (Fsp3) is 0.208. The largest absolute Gasteiger partial charge is 0.497 e. The van der Waals surface area contributed by atoms with Crippen molar-refractivity contribution in [1.29, 1.82) is 0 Å². The van der Waals surface area contributed by atoms with Gasteiger partial charge >= 0.3 is 0 Å². The molecule has 150 valence electrons. The molecule has 0 spiro atoms. The number of carbonyl (C=O) groups excluding carboxylic acids is 1. The number of ether oxygens (including phenoxy) is 2. The topological polar surface area (TPSA) is 47.6 Å². The number of nitrogens with one attached hydrogen (secondary N) is 1. The highest BCUT2D eigenvalue weighted by Gasteiger charge is 2.18. The van der Waals surface area contributed by atoms with E-state index in [9.17, 15) is 4.79 Å². The zero-order chi connectivity index (χ0) is 20.6. The van der Waals surface area contributed by atoms with E-state index in [1.165, 1.54) is 0 Å². The molecule has 4 nitrogen and oxygen atoms in total. The molecular formula is C24H24ClNO3. The fourth-order valence-electron chi connectivity index (χ4n) is 3.03. The summed E-state index contributed by atoms with van der Waals surface area (Å²) in [7, 11) is 1.63. The lowest BCUT2D eigenvalue weighted by Crippen LogP contribution is -2.28. The highest BCUT2D eigenvalue weighted by molar-refractivity contribution is 6.31. The summed E-state index contributed by atoms with van der Waals surface area (Å²) in [6, 6.07) is 22.5. The zero-order valence-corrected chi connectivity index (χ0v) is 17.3. The van der Waals surface area contributed by atoms with Gasteiger partial charge in [0.15, 0.2) is 0 Å². The Balaban J connectivity index is 1.76. The van der Waals surface area contributed by atoms with Gasteiger partial charge in [-0.05, 0) is 47.9 Å². The number of rotatable bonds is 8. The van der Waals surface area contributed by atoms with Crippen molar-refractivity contribution in [3.05, 3.63) is 94.5 Å². The fourth-order valence-corrected chi connectivity index (χ4v) is 3.21. The van der Waals surface area contributed by atoms with Crippen LogP contribution in [-0.2, 0) is 6.61 Å². The maximum atomic E-state index is 13.0. The van der Waals surface area contributed by atoms with Crippen LogP contribution in [0.25, 0.3) is 0 Å². The molecule has 1 atom stereocenters. The van der Waals surface area contributed by atoms with Crippen LogP contribution in [0, 0.1) is 0 Å². The van der Waals surface area contributed by atoms with Gasteiger partial charge in [0.2, 0.25) is 0 Å². The SMILES string of the molecule is CC[C@@H](NC(=O)c1cc(Cl)ccc1OCc1ccccc1)c1ccc(OC)cc1. The van der Waals surface area contributed by atoms with E-state index in [1.54, 1.807) is 25.3 Å². The van der Waals surface area contributed by atoms with Gasteiger partial charge in [0, 0.05) is 5.02 Å². The Morgan fingerprint density at radius 3 is 2.41 bits per heavy atom. The van der Waals surface area contributed by atoms with Gasteiger partial charge in [0.25, 0.3) is 5.91 Å². The lowest BCUT2D eigenvalue weighted by Gasteiger charge is -2.19. The van der Waals surface area contributed by atoms with Crippen LogP contribution < -0.4 is 14.8 Å². The minimum Gasteiger partial charge on any atom is -0.497 e.